The van der Waals surface area contributed by atoms with Gasteiger partial charge < -0.3 is 15.2 Å². The number of nitrogen functional groups attached to an aromatic ring is 1. The molecule has 0 atom stereocenters. The number of halogens is 3. The Morgan fingerprint density at radius 2 is 1.90 bits per heavy atom. The average molecular weight is 284 g/mol. The Balaban J connectivity index is 2.32. The highest BCUT2D eigenvalue weighted by Crippen LogP contribution is 2.38. The van der Waals surface area contributed by atoms with E-state index in [0.717, 1.165) is 12.1 Å². The summed E-state index contributed by atoms with van der Waals surface area (Å²) >= 11 is 0. The molecule has 1 aromatic heterocycles. The second kappa shape index (κ2) is 5.28. The first-order valence-corrected chi connectivity index (χ1v) is 5.55. The summed E-state index contributed by atoms with van der Waals surface area (Å²) in [5, 5.41) is 0. The van der Waals surface area contributed by atoms with Gasteiger partial charge in [0.05, 0.1) is 13.3 Å². The summed E-state index contributed by atoms with van der Waals surface area (Å²) < 4.78 is 48.7. The van der Waals surface area contributed by atoms with Gasteiger partial charge in [0.15, 0.2) is 0 Å². The summed E-state index contributed by atoms with van der Waals surface area (Å²) in [7, 11) is 1.46. The maximum atomic E-state index is 12.9. The second-order valence-electron chi connectivity index (χ2n) is 3.89. The monoisotopic (exact) mass is 284 g/mol. The molecule has 2 N–H and O–H groups in total. The lowest BCUT2D eigenvalue weighted by molar-refractivity contribution is -0.138. The summed E-state index contributed by atoms with van der Waals surface area (Å²) in [6, 6.07) is 6.25. The lowest BCUT2D eigenvalue weighted by atomic mass is 10.1. The number of ether oxygens (including phenoxy) is 2. The first-order chi connectivity index (χ1) is 9.40. The van der Waals surface area contributed by atoms with Gasteiger partial charge in [-0.05, 0) is 24.3 Å². The molecular formula is C13H11F3N2O2. The summed E-state index contributed by atoms with van der Waals surface area (Å²) in [4.78, 5) is 3.84. The van der Waals surface area contributed by atoms with E-state index in [1.807, 2.05) is 0 Å². The molecule has 0 amide bonds. The molecule has 2 aromatic rings. The smallest absolute Gasteiger partial charge is 0.420 e. The molecule has 1 aromatic carbocycles. The van der Waals surface area contributed by atoms with Crippen molar-refractivity contribution in [2.45, 2.75) is 6.18 Å². The van der Waals surface area contributed by atoms with Gasteiger partial charge in [-0.2, -0.15) is 13.2 Å². The highest BCUT2D eigenvalue weighted by Gasteiger charge is 2.34. The molecule has 1 heterocycles. The van der Waals surface area contributed by atoms with Crippen LogP contribution in [0.5, 0.6) is 17.4 Å². The standard InChI is InChI=1S/C13H11F3N2O2/c1-19-9-3-5-12(18-7-9)20-11-4-2-8(17)6-10(11)13(14,15)16/h2-7H,17H2,1H3. The third kappa shape index (κ3) is 3.11. The highest BCUT2D eigenvalue weighted by molar-refractivity contribution is 5.50. The number of benzene rings is 1. The van der Waals surface area contributed by atoms with Crippen LogP contribution in [0.1, 0.15) is 5.56 Å². The van der Waals surface area contributed by atoms with Crippen molar-refractivity contribution in [1.82, 2.24) is 4.98 Å². The van der Waals surface area contributed by atoms with Crippen molar-refractivity contribution in [3.05, 3.63) is 42.1 Å². The molecule has 0 spiro atoms. The molecule has 106 valence electrons. The number of pyridine rings is 1. The Morgan fingerprint density at radius 1 is 1.15 bits per heavy atom. The molecule has 7 heteroatoms. The Labute approximate surface area is 113 Å². The van der Waals surface area contributed by atoms with Crippen molar-refractivity contribution < 1.29 is 22.6 Å². The van der Waals surface area contributed by atoms with Gasteiger partial charge in [-0.3, -0.25) is 0 Å². The van der Waals surface area contributed by atoms with E-state index in [-0.39, 0.29) is 17.3 Å². The molecule has 0 bridgehead atoms. The number of anilines is 1. The molecule has 4 nitrogen and oxygen atoms in total. The van der Waals surface area contributed by atoms with Crippen LogP contribution in [0, 0.1) is 0 Å². The minimum absolute atomic E-state index is 0.00682. The van der Waals surface area contributed by atoms with Crippen molar-refractivity contribution in [3.63, 3.8) is 0 Å². The molecule has 0 aliphatic carbocycles. The van der Waals surface area contributed by atoms with E-state index >= 15 is 0 Å². The van der Waals surface area contributed by atoms with Crippen LogP contribution in [0.2, 0.25) is 0 Å². The predicted octanol–water partition coefficient (Wildman–Crippen LogP) is 3.48. The molecule has 20 heavy (non-hydrogen) atoms. The molecule has 2 rings (SSSR count). The van der Waals surface area contributed by atoms with Crippen LogP contribution in [-0.4, -0.2) is 12.1 Å². The fourth-order valence-electron chi connectivity index (χ4n) is 1.52. The number of aromatic nitrogens is 1. The number of hydrogen-bond acceptors (Lipinski definition) is 4. The van der Waals surface area contributed by atoms with Gasteiger partial charge in [-0.25, -0.2) is 4.98 Å². The zero-order valence-electron chi connectivity index (χ0n) is 10.4. The minimum Gasteiger partial charge on any atom is -0.495 e. The van der Waals surface area contributed by atoms with Gasteiger partial charge in [0.2, 0.25) is 5.88 Å². The number of nitrogens with zero attached hydrogens (tertiary/aromatic N) is 1. The lowest BCUT2D eigenvalue weighted by Crippen LogP contribution is -2.08. The van der Waals surface area contributed by atoms with E-state index in [4.69, 9.17) is 15.2 Å². The first kappa shape index (κ1) is 14.0. The third-order valence-electron chi connectivity index (χ3n) is 2.47. The molecule has 0 radical (unpaired) electrons. The van der Waals surface area contributed by atoms with Crippen molar-refractivity contribution in [3.8, 4) is 17.4 Å². The van der Waals surface area contributed by atoms with E-state index in [1.165, 1.54) is 31.5 Å². The number of rotatable bonds is 3. The Kier molecular flexibility index (Phi) is 3.69. The second-order valence-corrected chi connectivity index (χ2v) is 3.89. The van der Waals surface area contributed by atoms with Crippen molar-refractivity contribution in [2.24, 2.45) is 0 Å². The zero-order valence-corrected chi connectivity index (χ0v) is 10.4. The van der Waals surface area contributed by atoms with Crippen LogP contribution in [0.15, 0.2) is 36.5 Å². The number of alkyl halides is 3. The molecular weight excluding hydrogens is 273 g/mol. The van der Waals surface area contributed by atoms with E-state index < -0.39 is 11.7 Å². The summed E-state index contributed by atoms with van der Waals surface area (Å²) in [5.41, 5.74) is 4.43. The van der Waals surface area contributed by atoms with Crippen LogP contribution >= 0.6 is 0 Å². The maximum absolute atomic E-state index is 12.9. The zero-order chi connectivity index (χ0) is 14.8. The molecule has 0 aliphatic rings. The van der Waals surface area contributed by atoms with Crippen molar-refractivity contribution in [1.29, 1.82) is 0 Å². The predicted molar refractivity (Wildman–Crippen MR) is 66.7 cm³/mol. The Bertz CT molecular complexity index is 598. The first-order valence-electron chi connectivity index (χ1n) is 5.55. The van der Waals surface area contributed by atoms with Crippen molar-refractivity contribution in [2.75, 3.05) is 12.8 Å². The van der Waals surface area contributed by atoms with Crippen LogP contribution in [0.3, 0.4) is 0 Å². The number of methoxy groups -OCH3 is 1. The van der Waals surface area contributed by atoms with Crippen molar-refractivity contribution >= 4 is 5.69 Å². The average Bonchev–Trinajstić information content (AvgIpc) is 2.40. The van der Waals surface area contributed by atoms with E-state index in [1.54, 1.807) is 0 Å². The Morgan fingerprint density at radius 3 is 2.45 bits per heavy atom. The van der Waals surface area contributed by atoms with Crippen LogP contribution < -0.4 is 15.2 Å². The van der Waals surface area contributed by atoms with E-state index in [2.05, 4.69) is 4.98 Å². The molecule has 0 saturated heterocycles. The molecule has 0 unspecified atom stereocenters. The minimum atomic E-state index is -4.56. The fourth-order valence-corrected chi connectivity index (χ4v) is 1.52. The maximum Gasteiger partial charge on any atom is 0.420 e. The topological polar surface area (TPSA) is 57.4 Å². The Hall–Kier alpha value is -2.44. The van der Waals surface area contributed by atoms with Gasteiger partial charge in [0.25, 0.3) is 0 Å². The summed E-state index contributed by atoms with van der Waals surface area (Å²) in [6.45, 7) is 0. The fraction of sp³-hybridized carbons (Fsp3) is 0.154. The third-order valence-corrected chi connectivity index (χ3v) is 2.47. The van der Waals surface area contributed by atoms with Crippen LogP contribution in [0.4, 0.5) is 18.9 Å². The molecule has 0 aliphatic heterocycles. The number of hydrogen-bond donors (Lipinski definition) is 1. The van der Waals surface area contributed by atoms with E-state index in [9.17, 15) is 13.2 Å². The summed E-state index contributed by atoms with van der Waals surface area (Å²) in [6.07, 6.45) is -3.21. The number of nitrogens with two attached hydrogens (primary N) is 1. The van der Waals surface area contributed by atoms with Gasteiger partial charge in [-0.1, -0.05) is 0 Å². The molecule has 0 saturated carbocycles. The van der Waals surface area contributed by atoms with Gasteiger partial charge in [-0.15, -0.1) is 0 Å². The molecule has 0 fully saturated rings. The van der Waals surface area contributed by atoms with E-state index in [0.29, 0.717) is 5.75 Å². The lowest BCUT2D eigenvalue weighted by Gasteiger charge is -2.13. The van der Waals surface area contributed by atoms with Gasteiger partial charge in [0, 0.05) is 11.8 Å². The quantitative estimate of drug-likeness (QED) is 0.877. The van der Waals surface area contributed by atoms with Gasteiger partial charge in [0.1, 0.15) is 17.1 Å². The summed E-state index contributed by atoms with van der Waals surface area (Å²) in [5.74, 6) is 0.149. The van der Waals surface area contributed by atoms with Crippen LogP contribution in [0.25, 0.3) is 0 Å². The van der Waals surface area contributed by atoms with Gasteiger partial charge >= 0.3 is 6.18 Å². The normalized spacial score (nSPS) is 11.2. The largest absolute Gasteiger partial charge is 0.495 e. The highest BCUT2D eigenvalue weighted by atomic mass is 19.4. The van der Waals surface area contributed by atoms with Crippen LogP contribution in [-0.2, 0) is 6.18 Å². The SMILES string of the molecule is COc1ccc(Oc2ccc(N)cc2C(F)(F)F)nc1.